The van der Waals surface area contributed by atoms with Crippen molar-refractivity contribution >= 4 is 41.7 Å². The van der Waals surface area contributed by atoms with E-state index >= 15 is 0 Å². The van der Waals surface area contributed by atoms with Gasteiger partial charge in [-0.2, -0.15) is 11.8 Å². The molecule has 0 saturated carbocycles. The molecule has 0 aliphatic carbocycles. The first-order valence-corrected chi connectivity index (χ1v) is 8.50. The summed E-state index contributed by atoms with van der Waals surface area (Å²) in [7, 11) is 1.64. The van der Waals surface area contributed by atoms with E-state index in [-0.39, 0.29) is 24.0 Å². The number of guanidine groups is 1. The molecule has 0 aromatic carbocycles. The highest BCUT2D eigenvalue weighted by atomic mass is 127. The van der Waals surface area contributed by atoms with Crippen LogP contribution in [0.3, 0.4) is 0 Å². The Labute approximate surface area is 154 Å². The van der Waals surface area contributed by atoms with Crippen LogP contribution in [0.1, 0.15) is 25.3 Å². The summed E-state index contributed by atoms with van der Waals surface area (Å²) in [5.41, 5.74) is 0.993. The fourth-order valence-corrected chi connectivity index (χ4v) is 3.45. The van der Waals surface area contributed by atoms with Crippen LogP contribution in [0.15, 0.2) is 23.3 Å². The average Bonchev–Trinajstić information content (AvgIpc) is 3.03. The molecule has 0 radical (unpaired) electrons. The van der Waals surface area contributed by atoms with E-state index in [9.17, 15) is 0 Å². The molecule has 1 saturated heterocycles. The van der Waals surface area contributed by atoms with Crippen molar-refractivity contribution in [1.82, 2.24) is 15.6 Å². The van der Waals surface area contributed by atoms with E-state index in [0.29, 0.717) is 17.7 Å². The Bertz CT molecular complexity index is 467. The molecule has 22 heavy (non-hydrogen) atoms. The van der Waals surface area contributed by atoms with Gasteiger partial charge < -0.3 is 15.4 Å². The SMILES string of the molecule is CCNC(=NCc1cccnc1OC)NCC1CCCS1.I. The van der Waals surface area contributed by atoms with Crippen molar-refractivity contribution in [3.05, 3.63) is 23.9 Å². The number of hydrogen-bond acceptors (Lipinski definition) is 4. The van der Waals surface area contributed by atoms with Crippen molar-refractivity contribution in [2.75, 3.05) is 26.0 Å². The summed E-state index contributed by atoms with van der Waals surface area (Å²) in [4.78, 5) is 8.81. The lowest BCUT2D eigenvalue weighted by Gasteiger charge is -2.14. The molecule has 1 fully saturated rings. The summed E-state index contributed by atoms with van der Waals surface area (Å²) in [6.07, 6.45) is 4.36. The Balaban J connectivity index is 0.00000242. The second kappa shape index (κ2) is 10.9. The molecule has 1 aromatic rings. The van der Waals surface area contributed by atoms with Crippen molar-refractivity contribution in [3.63, 3.8) is 0 Å². The fraction of sp³-hybridized carbons (Fsp3) is 0.600. The first-order valence-electron chi connectivity index (χ1n) is 7.45. The monoisotopic (exact) mass is 436 g/mol. The van der Waals surface area contributed by atoms with Crippen molar-refractivity contribution in [2.24, 2.45) is 4.99 Å². The van der Waals surface area contributed by atoms with Crippen molar-refractivity contribution in [3.8, 4) is 5.88 Å². The summed E-state index contributed by atoms with van der Waals surface area (Å²) in [5, 5.41) is 7.42. The van der Waals surface area contributed by atoms with Gasteiger partial charge in [-0.05, 0) is 31.6 Å². The normalized spacial score (nSPS) is 17.7. The second-order valence-electron chi connectivity index (χ2n) is 4.88. The third-order valence-electron chi connectivity index (χ3n) is 3.32. The predicted molar refractivity (Wildman–Crippen MR) is 105 cm³/mol. The second-order valence-corrected chi connectivity index (χ2v) is 6.29. The van der Waals surface area contributed by atoms with Crippen LogP contribution in [0.2, 0.25) is 0 Å². The molecular formula is C15H25IN4OS. The molecule has 1 unspecified atom stereocenters. The number of thioether (sulfide) groups is 1. The molecule has 2 heterocycles. The lowest BCUT2D eigenvalue weighted by Crippen LogP contribution is -2.40. The zero-order chi connectivity index (χ0) is 14.9. The highest BCUT2D eigenvalue weighted by Crippen LogP contribution is 2.25. The average molecular weight is 436 g/mol. The van der Waals surface area contributed by atoms with Crippen molar-refractivity contribution in [2.45, 2.75) is 31.6 Å². The largest absolute Gasteiger partial charge is 0.481 e. The number of nitrogens with zero attached hydrogens (tertiary/aromatic N) is 2. The van der Waals surface area contributed by atoms with Gasteiger partial charge in [0.05, 0.1) is 13.7 Å². The van der Waals surface area contributed by atoms with Crippen LogP contribution in [-0.4, -0.2) is 42.1 Å². The van der Waals surface area contributed by atoms with Gasteiger partial charge in [0.15, 0.2) is 5.96 Å². The molecule has 0 bridgehead atoms. The number of aliphatic imine (C=N–C) groups is 1. The molecule has 124 valence electrons. The summed E-state index contributed by atoms with van der Waals surface area (Å²) in [6, 6.07) is 3.90. The maximum absolute atomic E-state index is 5.25. The van der Waals surface area contributed by atoms with E-state index in [1.165, 1.54) is 18.6 Å². The van der Waals surface area contributed by atoms with Crippen molar-refractivity contribution in [1.29, 1.82) is 0 Å². The quantitative estimate of drug-likeness (QED) is 0.408. The van der Waals surface area contributed by atoms with E-state index < -0.39 is 0 Å². The number of halogens is 1. The Hall–Kier alpha value is -0.700. The lowest BCUT2D eigenvalue weighted by molar-refractivity contribution is 0.392. The van der Waals surface area contributed by atoms with Gasteiger partial charge in [0.2, 0.25) is 5.88 Å². The van der Waals surface area contributed by atoms with Gasteiger partial charge in [-0.15, -0.1) is 24.0 Å². The number of ether oxygens (including phenoxy) is 1. The minimum atomic E-state index is 0. The first-order chi connectivity index (χ1) is 10.3. The lowest BCUT2D eigenvalue weighted by atomic mass is 10.2. The third kappa shape index (κ3) is 6.20. The molecule has 1 aliphatic heterocycles. The zero-order valence-corrected chi connectivity index (χ0v) is 16.3. The maximum atomic E-state index is 5.25. The summed E-state index contributed by atoms with van der Waals surface area (Å²) in [6.45, 7) is 4.46. The first kappa shape index (κ1) is 19.3. The smallest absolute Gasteiger partial charge is 0.218 e. The number of pyridine rings is 1. The molecule has 0 spiro atoms. The van der Waals surface area contributed by atoms with E-state index in [1.54, 1.807) is 13.3 Å². The third-order valence-corrected chi connectivity index (χ3v) is 4.71. The Morgan fingerprint density at radius 1 is 1.50 bits per heavy atom. The molecule has 2 rings (SSSR count). The topological polar surface area (TPSA) is 58.5 Å². The zero-order valence-electron chi connectivity index (χ0n) is 13.2. The van der Waals surface area contributed by atoms with Crippen LogP contribution in [0.25, 0.3) is 0 Å². The fourth-order valence-electron chi connectivity index (χ4n) is 2.25. The van der Waals surface area contributed by atoms with E-state index in [2.05, 4.69) is 27.5 Å². The number of methoxy groups -OCH3 is 1. The van der Waals surface area contributed by atoms with Crippen LogP contribution in [-0.2, 0) is 6.54 Å². The van der Waals surface area contributed by atoms with Gasteiger partial charge in [-0.25, -0.2) is 9.98 Å². The maximum Gasteiger partial charge on any atom is 0.218 e. The van der Waals surface area contributed by atoms with Crippen molar-refractivity contribution < 1.29 is 4.74 Å². The van der Waals surface area contributed by atoms with E-state index in [1.807, 2.05) is 23.9 Å². The summed E-state index contributed by atoms with van der Waals surface area (Å²) >= 11 is 2.05. The summed E-state index contributed by atoms with van der Waals surface area (Å²) in [5.74, 6) is 2.78. The van der Waals surface area contributed by atoms with Crippen LogP contribution in [0.5, 0.6) is 5.88 Å². The van der Waals surface area contributed by atoms with Crippen LogP contribution in [0, 0.1) is 0 Å². The minimum Gasteiger partial charge on any atom is -0.481 e. The number of nitrogens with one attached hydrogen (secondary N) is 2. The molecule has 1 aromatic heterocycles. The van der Waals surface area contributed by atoms with Gasteiger partial charge in [0.1, 0.15) is 0 Å². The van der Waals surface area contributed by atoms with Gasteiger partial charge in [-0.1, -0.05) is 6.07 Å². The Morgan fingerprint density at radius 3 is 3.05 bits per heavy atom. The Morgan fingerprint density at radius 2 is 2.36 bits per heavy atom. The Kier molecular flexibility index (Phi) is 9.61. The standard InChI is InChI=1S/C15H24N4OS.HI/c1-3-16-15(19-11-13-7-5-9-21-13)18-10-12-6-4-8-17-14(12)20-2;/h4,6,8,13H,3,5,7,9-11H2,1-2H3,(H2,16,18,19);1H. The van der Waals surface area contributed by atoms with Gasteiger partial charge in [0.25, 0.3) is 0 Å². The number of rotatable bonds is 6. The highest BCUT2D eigenvalue weighted by Gasteiger charge is 2.15. The van der Waals surface area contributed by atoms with Gasteiger partial charge in [0, 0.05) is 30.1 Å². The van der Waals surface area contributed by atoms with Crippen LogP contribution < -0.4 is 15.4 Å². The van der Waals surface area contributed by atoms with E-state index in [0.717, 1.165) is 24.6 Å². The molecule has 2 N–H and O–H groups in total. The molecule has 7 heteroatoms. The number of aromatic nitrogens is 1. The van der Waals surface area contributed by atoms with Crippen LogP contribution >= 0.6 is 35.7 Å². The predicted octanol–water partition coefficient (Wildman–Crippen LogP) is 2.66. The molecule has 1 aliphatic rings. The molecule has 5 nitrogen and oxygen atoms in total. The molecular weight excluding hydrogens is 411 g/mol. The minimum absolute atomic E-state index is 0. The number of hydrogen-bond donors (Lipinski definition) is 2. The highest BCUT2D eigenvalue weighted by molar-refractivity contribution is 14.0. The van der Waals surface area contributed by atoms with E-state index in [4.69, 9.17) is 4.74 Å². The van der Waals surface area contributed by atoms with Crippen LogP contribution in [0.4, 0.5) is 0 Å². The van der Waals surface area contributed by atoms with Gasteiger partial charge in [-0.3, -0.25) is 0 Å². The summed E-state index contributed by atoms with van der Waals surface area (Å²) < 4.78 is 5.25. The van der Waals surface area contributed by atoms with Gasteiger partial charge >= 0.3 is 0 Å². The molecule has 0 amide bonds. The molecule has 1 atom stereocenters.